The van der Waals surface area contributed by atoms with Gasteiger partial charge in [-0.2, -0.15) is 0 Å². The number of nitrogens with zero attached hydrogens (tertiary/aromatic N) is 2. The summed E-state index contributed by atoms with van der Waals surface area (Å²) in [5.41, 5.74) is 12.0. The van der Waals surface area contributed by atoms with Crippen molar-refractivity contribution in [1.82, 2.24) is 0 Å². The second-order valence-corrected chi connectivity index (χ2v) is 6.53. The Morgan fingerprint density at radius 2 is 1.38 bits per heavy atom. The molecule has 0 saturated heterocycles. The molecule has 2 N–H and O–H groups in total. The summed E-state index contributed by atoms with van der Waals surface area (Å²) in [7, 11) is 0. The molecule has 0 aliphatic rings. The lowest BCUT2D eigenvalue weighted by atomic mass is 10.1. The highest BCUT2D eigenvalue weighted by Gasteiger charge is 2.11. The van der Waals surface area contributed by atoms with Crippen LogP contribution in [0.4, 0.5) is 11.4 Å². The molecule has 0 aliphatic carbocycles. The Bertz CT molecular complexity index is 850. The Hall–Kier alpha value is -3.07. The maximum atomic E-state index is 6.40. The maximum Gasteiger partial charge on any atom is 0.201 e. The molecular formula is C23H25N3. The summed E-state index contributed by atoms with van der Waals surface area (Å²) in [6, 6.07) is 26.9. The molecule has 0 spiro atoms. The van der Waals surface area contributed by atoms with Gasteiger partial charge < -0.3 is 10.6 Å². The van der Waals surface area contributed by atoms with Crippen LogP contribution >= 0.6 is 0 Å². The largest absolute Gasteiger partial charge is 0.369 e. The summed E-state index contributed by atoms with van der Waals surface area (Å²) in [6.45, 7) is 4.92. The molecule has 0 atom stereocenters. The van der Waals surface area contributed by atoms with E-state index in [0.717, 1.165) is 24.3 Å². The van der Waals surface area contributed by atoms with Crippen LogP contribution in [0.5, 0.6) is 0 Å². The zero-order valence-electron chi connectivity index (χ0n) is 15.4. The van der Waals surface area contributed by atoms with Gasteiger partial charge in [0.05, 0.1) is 5.69 Å². The maximum absolute atomic E-state index is 6.40. The zero-order valence-corrected chi connectivity index (χ0v) is 15.4. The molecule has 0 unspecified atom stereocenters. The van der Waals surface area contributed by atoms with E-state index in [1.807, 2.05) is 30.3 Å². The van der Waals surface area contributed by atoms with E-state index < -0.39 is 0 Å². The van der Waals surface area contributed by atoms with Crippen molar-refractivity contribution >= 4 is 17.3 Å². The van der Waals surface area contributed by atoms with Crippen molar-refractivity contribution in [3.63, 3.8) is 0 Å². The van der Waals surface area contributed by atoms with Crippen molar-refractivity contribution in [2.24, 2.45) is 10.7 Å². The number of aliphatic imine (C=N–C) groups is 1. The smallest absolute Gasteiger partial charge is 0.201 e. The second-order valence-electron chi connectivity index (χ2n) is 6.53. The standard InChI is InChI=1S/C23H25N3/c1-18-8-12-21(13-9-18)25-23(24)26(22-14-10-19(2)11-15-22)17-16-20-6-4-3-5-7-20/h3-15H,16-17H2,1-2H3,(H2,24,25). The van der Waals surface area contributed by atoms with E-state index in [0.29, 0.717) is 5.96 Å². The van der Waals surface area contributed by atoms with Gasteiger partial charge in [0, 0.05) is 12.2 Å². The Labute approximate surface area is 155 Å². The molecule has 0 heterocycles. The van der Waals surface area contributed by atoms with Gasteiger partial charge in [-0.15, -0.1) is 0 Å². The number of guanidine groups is 1. The van der Waals surface area contributed by atoms with E-state index in [9.17, 15) is 0 Å². The Morgan fingerprint density at radius 1 is 0.808 bits per heavy atom. The predicted molar refractivity (Wildman–Crippen MR) is 111 cm³/mol. The summed E-state index contributed by atoms with van der Waals surface area (Å²) >= 11 is 0. The summed E-state index contributed by atoms with van der Waals surface area (Å²) in [6.07, 6.45) is 0.902. The minimum atomic E-state index is 0.508. The highest BCUT2D eigenvalue weighted by Crippen LogP contribution is 2.18. The van der Waals surface area contributed by atoms with Crippen LogP contribution < -0.4 is 10.6 Å². The van der Waals surface area contributed by atoms with Crippen molar-refractivity contribution in [3.8, 4) is 0 Å². The zero-order chi connectivity index (χ0) is 18.4. The first-order valence-electron chi connectivity index (χ1n) is 8.91. The number of nitrogens with two attached hydrogens (primary N) is 1. The summed E-state index contributed by atoms with van der Waals surface area (Å²) in [5.74, 6) is 0.508. The van der Waals surface area contributed by atoms with Crippen molar-refractivity contribution in [1.29, 1.82) is 0 Å². The van der Waals surface area contributed by atoms with Gasteiger partial charge in [0.1, 0.15) is 0 Å². The quantitative estimate of drug-likeness (QED) is 0.523. The number of benzene rings is 3. The molecule has 3 rings (SSSR count). The van der Waals surface area contributed by atoms with E-state index >= 15 is 0 Å². The molecule has 3 heteroatoms. The van der Waals surface area contributed by atoms with Crippen LogP contribution in [-0.4, -0.2) is 12.5 Å². The second kappa shape index (κ2) is 8.34. The van der Waals surface area contributed by atoms with Crippen LogP contribution in [0.2, 0.25) is 0 Å². The molecule has 0 aromatic heterocycles. The molecule has 0 amide bonds. The van der Waals surface area contributed by atoms with E-state index in [1.54, 1.807) is 0 Å². The molecule has 0 bridgehead atoms. The van der Waals surface area contributed by atoms with Gasteiger partial charge in [-0.25, -0.2) is 4.99 Å². The minimum Gasteiger partial charge on any atom is -0.369 e. The summed E-state index contributed by atoms with van der Waals surface area (Å²) in [5, 5.41) is 0. The summed E-state index contributed by atoms with van der Waals surface area (Å²) < 4.78 is 0. The van der Waals surface area contributed by atoms with Crippen molar-refractivity contribution < 1.29 is 0 Å². The topological polar surface area (TPSA) is 41.6 Å². The van der Waals surface area contributed by atoms with Crippen LogP contribution in [0, 0.1) is 13.8 Å². The molecule has 26 heavy (non-hydrogen) atoms. The van der Waals surface area contributed by atoms with Crippen LogP contribution in [-0.2, 0) is 6.42 Å². The first-order valence-corrected chi connectivity index (χ1v) is 8.91. The van der Waals surface area contributed by atoms with Gasteiger partial charge in [0.15, 0.2) is 0 Å². The normalized spacial score (nSPS) is 11.4. The van der Waals surface area contributed by atoms with Gasteiger partial charge >= 0.3 is 0 Å². The Balaban J connectivity index is 1.86. The lowest BCUT2D eigenvalue weighted by Crippen LogP contribution is -2.38. The highest BCUT2D eigenvalue weighted by atomic mass is 15.3. The molecule has 3 nitrogen and oxygen atoms in total. The molecule has 3 aromatic rings. The average Bonchev–Trinajstić information content (AvgIpc) is 2.66. The first-order chi connectivity index (χ1) is 12.6. The molecule has 0 radical (unpaired) electrons. The van der Waals surface area contributed by atoms with E-state index in [-0.39, 0.29) is 0 Å². The van der Waals surface area contributed by atoms with E-state index in [1.165, 1.54) is 16.7 Å². The third-order valence-corrected chi connectivity index (χ3v) is 4.37. The van der Waals surface area contributed by atoms with Gasteiger partial charge in [-0.3, -0.25) is 0 Å². The van der Waals surface area contributed by atoms with E-state index in [4.69, 9.17) is 5.73 Å². The van der Waals surface area contributed by atoms with Crippen LogP contribution in [0.3, 0.4) is 0 Å². The average molecular weight is 343 g/mol. The van der Waals surface area contributed by atoms with Crippen LogP contribution in [0.15, 0.2) is 83.9 Å². The molecule has 0 fully saturated rings. The van der Waals surface area contributed by atoms with Crippen molar-refractivity contribution in [3.05, 3.63) is 95.6 Å². The van der Waals surface area contributed by atoms with E-state index in [2.05, 4.69) is 72.3 Å². The van der Waals surface area contributed by atoms with Gasteiger partial charge in [0.2, 0.25) is 5.96 Å². The predicted octanol–water partition coefficient (Wildman–Crippen LogP) is 5.00. The molecule has 0 saturated carbocycles. The lowest BCUT2D eigenvalue weighted by molar-refractivity contribution is 0.926. The number of anilines is 1. The van der Waals surface area contributed by atoms with Crippen molar-refractivity contribution in [2.45, 2.75) is 20.3 Å². The molecule has 0 aliphatic heterocycles. The monoisotopic (exact) mass is 343 g/mol. The van der Waals surface area contributed by atoms with Crippen LogP contribution in [0.1, 0.15) is 16.7 Å². The van der Waals surface area contributed by atoms with Gasteiger partial charge in [0.25, 0.3) is 0 Å². The van der Waals surface area contributed by atoms with Crippen LogP contribution in [0.25, 0.3) is 0 Å². The molecule has 3 aromatic carbocycles. The summed E-state index contributed by atoms with van der Waals surface area (Å²) in [4.78, 5) is 6.71. The fourth-order valence-corrected chi connectivity index (χ4v) is 2.80. The third kappa shape index (κ3) is 4.73. The highest BCUT2D eigenvalue weighted by molar-refractivity contribution is 5.96. The van der Waals surface area contributed by atoms with Gasteiger partial charge in [-0.05, 0) is 50.1 Å². The number of hydrogen-bond acceptors (Lipinski definition) is 1. The Kier molecular flexibility index (Phi) is 5.69. The number of hydrogen-bond donors (Lipinski definition) is 1. The fourth-order valence-electron chi connectivity index (χ4n) is 2.80. The van der Waals surface area contributed by atoms with Gasteiger partial charge in [-0.1, -0.05) is 65.7 Å². The lowest BCUT2D eigenvalue weighted by Gasteiger charge is -2.24. The van der Waals surface area contributed by atoms with Crippen molar-refractivity contribution in [2.75, 3.05) is 11.4 Å². The third-order valence-electron chi connectivity index (χ3n) is 4.37. The number of rotatable bonds is 5. The molecule has 132 valence electrons. The first kappa shape index (κ1) is 17.7. The molecular weight excluding hydrogens is 318 g/mol. The Morgan fingerprint density at radius 3 is 2.00 bits per heavy atom. The number of aryl methyl sites for hydroxylation is 2. The fraction of sp³-hybridized carbons (Fsp3) is 0.174. The SMILES string of the molecule is Cc1ccc(N=C(N)N(CCc2ccccc2)c2ccc(C)cc2)cc1. The minimum absolute atomic E-state index is 0.508.